The molecule has 1 amide bonds. The van der Waals surface area contributed by atoms with E-state index < -0.39 is 0 Å². The molecule has 0 unspecified atom stereocenters. The third kappa shape index (κ3) is 4.88. The number of amides is 1. The number of tetrazole rings is 1. The molecule has 1 aromatic heterocycles. The maximum Gasteiger partial charge on any atom is 0.223 e. The summed E-state index contributed by atoms with van der Waals surface area (Å²) in [4.78, 5) is 15.4. The highest BCUT2D eigenvalue weighted by molar-refractivity contribution is 5.78. The topological polar surface area (TPSA) is 73.1 Å². The molecule has 1 saturated heterocycles. The predicted molar refractivity (Wildman–Crippen MR) is 137 cm³/mol. The van der Waals surface area contributed by atoms with E-state index in [2.05, 4.69) is 50.8 Å². The number of ether oxygens (including phenoxy) is 1. The van der Waals surface area contributed by atoms with E-state index in [1.807, 2.05) is 24.3 Å². The Kier molecular flexibility index (Phi) is 6.46. The standard InChI is InChI=1S/C29H35N5O2/c35-28(20-29(14-4-15-29)24-5-2-1-3-6-24)33-16-11-22(12-17-33)27-19-23(27)13-18-36-26-9-7-25(8-10-26)34-21-30-31-32-34/h1-3,5-10,21-23,27H,4,11-20H2/t23-,27-/m1/s1. The molecule has 2 saturated carbocycles. The number of piperidine rings is 1. The fourth-order valence-corrected chi connectivity index (χ4v) is 6.42. The molecule has 7 heteroatoms. The lowest BCUT2D eigenvalue weighted by Gasteiger charge is -2.44. The van der Waals surface area contributed by atoms with Crippen LogP contribution >= 0.6 is 0 Å². The van der Waals surface area contributed by atoms with Gasteiger partial charge in [-0.2, -0.15) is 0 Å². The first-order valence-electron chi connectivity index (χ1n) is 13.5. The highest BCUT2D eigenvalue weighted by atomic mass is 16.5. The Bertz CT molecular complexity index is 1140. The van der Waals surface area contributed by atoms with Gasteiger partial charge in [-0.25, -0.2) is 4.68 Å². The Morgan fingerprint density at radius 2 is 1.81 bits per heavy atom. The smallest absolute Gasteiger partial charge is 0.223 e. The second kappa shape index (κ2) is 10.0. The third-order valence-electron chi connectivity index (χ3n) is 8.87. The van der Waals surface area contributed by atoms with Crippen molar-refractivity contribution in [2.75, 3.05) is 19.7 Å². The third-order valence-corrected chi connectivity index (χ3v) is 8.87. The first kappa shape index (κ1) is 23.2. The van der Waals surface area contributed by atoms with Gasteiger partial charge in [0.05, 0.1) is 12.3 Å². The molecule has 0 N–H and O–H groups in total. The minimum atomic E-state index is 0.0880. The number of hydrogen-bond donors (Lipinski definition) is 0. The van der Waals surface area contributed by atoms with Gasteiger partial charge in [0, 0.05) is 24.9 Å². The van der Waals surface area contributed by atoms with Gasteiger partial charge in [-0.3, -0.25) is 4.79 Å². The fourth-order valence-electron chi connectivity index (χ4n) is 6.42. The van der Waals surface area contributed by atoms with E-state index in [-0.39, 0.29) is 5.41 Å². The largest absolute Gasteiger partial charge is 0.494 e. The molecule has 2 atom stereocenters. The molecule has 3 aromatic rings. The van der Waals surface area contributed by atoms with Crippen LogP contribution in [-0.4, -0.2) is 50.7 Å². The molecule has 2 heterocycles. The van der Waals surface area contributed by atoms with Crippen molar-refractivity contribution in [1.82, 2.24) is 25.1 Å². The van der Waals surface area contributed by atoms with Crippen molar-refractivity contribution in [1.29, 1.82) is 0 Å². The number of carbonyl (C=O) groups is 1. The second-order valence-electron chi connectivity index (χ2n) is 10.9. The fraction of sp³-hybridized carbons (Fsp3) is 0.517. The average molecular weight is 486 g/mol. The summed E-state index contributed by atoms with van der Waals surface area (Å²) < 4.78 is 7.63. The maximum absolute atomic E-state index is 13.2. The van der Waals surface area contributed by atoms with Gasteiger partial charge in [-0.15, -0.1) is 5.10 Å². The molecule has 6 rings (SSSR count). The van der Waals surface area contributed by atoms with Gasteiger partial charge in [0.2, 0.25) is 5.91 Å². The van der Waals surface area contributed by atoms with Crippen molar-refractivity contribution < 1.29 is 9.53 Å². The number of aromatic nitrogens is 4. The van der Waals surface area contributed by atoms with Crippen LogP contribution in [0.4, 0.5) is 0 Å². The first-order valence-corrected chi connectivity index (χ1v) is 13.5. The number of likely N-dealkylation sites (tertiary alicyclic amines) is 1. The molecule has 0 bridgehead atoms. The van der Waals surface area contributed by atoms with Crippen LogP contribution in [0.25, 0.3) is 5.69 Å². The maximum atomic E-state index is 13.2. The van der Waals surface area contributed by atoms with Crippen LogP contribution in [0.15, 0.2) is 60.9 Å². The van der Waals surface area contributed by atoms with Crippen molar-refractivity contribution in [3.63, 3.8) is 0 Å². The van der Waals surface area contributed by atoms with E-state index in [9.17, 15) is 4.79 Å². The predicted octanol–water partition coefficient (Wildman–Crippen LogP) is 4.82. The zero-order valence-electron chi connectivity index (χ0n) is 20.8. The summed E-state index contributed by atoms with van der Waals surface area (Å²) in [5, 5.41) is 11.2. The van der Waals surface area contributed by atoms with E-state index in [1.165, 1.54) is 18.4 Å². The normalized spacial score (nSPS) is 23.2. The van der Waals surface area contributed by atoms with Crippen LogP contribution in [-0.2, 0) is 10.2 Å². The van der Waals surface area contributed by atoms with E-state index in [1.54, 1.807) is 11.0 Å². The number of benzene rings is 2. The SMILES string of the molecule is O=C(CC1(c2ccccc2)CCC1)N1CCC([C@H]2C[C@H]2CCOc2ccc(-n3cnnn3)cc2)CC1. The number of rotatable bonds is 9. The summed E-state index contributed by atoms with van der Waals surface area (Å²) in [6.45, 7) is 2.62. The summed E-state index contributed by atoms with van der Waals surface area (Å²) in [6.07, 6.45) is 10.5. The monoisotopic (exact) mass is 485 g/mol. The van der Waals surface area contributed by atoms with Crippen molar-refractivity contribution >= 4 is 5.91 Å². The second-order valence-corrected chi connectivity index (χ2v) is 10.9. The van der Waals surface area contributed by atoms with E-state index in [0.29, 0.717) is 12.3 Å². The van der Waals surface area contributed by atoms with Gasteiger partial charge < -0.3 is 9.64 Å². The van der Waals surface area contributed by atoms with Crippen LogP contribution in [0.5, 0.6) is 5.75 Å². The highest BCUT2D eigenvalue weighted by Crippen LogP contribution is 2.50. The molecule has 3 aliphatic rings. The Hall–Kier alpha value is -3.22. The molecule has 3 fully saturated rings. The molecular weight excluding hydrogens is 450 g/mol. The number of carbonyl (C=O) groups excluding carboxylic acids is 1. The molecule has 2 aromatic carbocycles. The Morgan fingerprint density at radius 3 is 2.47 bits per heavy atom. The highest BCUT2D eigenvalue weighted by Gasteiger charge is 2.45. The van der Waals surface area contributed by atoms with Gasteiger partial charge in [0.1, 0.15) is 12.1 Å². The lowest BCUT2D eigenvalue weighted by Crippen LogP contribution is -2.44. The minimum Gasteiger partial charge on any atom is -0.494 e. The molecular formula is C29H35N5O2. The van der Waals surface area contributed by atoms with Crippen LogP contribution in [0, 0.1) is 17.8 Å². The summed E-state index contributed by atoms with van der Waals surface area (Å²) in [6, 6.07) is 18.6. The molecule has 0 spiro atoms. The van der Waals surface area contributed by atoms with Crippen LogP contribution in [0.1, 0.15) is 56.9 Å². The van der Waals surface area contributed by atoms with Crippen LogP contribution < -0.4 is 4.74 Å². The van der Waals surface area contributed by atoms with Gasteiger partial charge in [0.25, 0.3) is 0 Å². The number of nitrogens with zero attached hydrogens (tertiary/aromatic N) is 5. The molecule has 7 nitrogen and oxygen atoms in total. The summed E-state index contributed by atoms with van der Waals surface area (Å²) >= 11 is 0. The molecule has 1 aliphatic heterocycles. The Balaban J connectivity index is 0.920. The summed E-state index contributed by atoms with van der Waals surface area (Å²) in [7, 11) is 0. The van der Waals surface area contributed by atoms with Gasteiger partial charge in [0.15, 0.2) is 0 Å². The molecule has 2 aliphatic carbocycles. The Morgan fingerprint density at radius 1 is 1.03 bits per heavy atom. The van der Waals surface area contributed by atoms with Crippen LogP contribution in [0.3, 0.4) is 0 Å². The average Bonchev–Trinajstić information content (AvgIpc) is 3.46. The lowest BCUT2D eigenvalue weighted by molar-refractivity contribution is -0.135. The molecule has 0 radical (unpaired) electrons. The zero-order valence-corrected chi connectivity index (χ0v) is 20.8. The Labute approximate surface area is 212 Å². The molecule has 188 valence electrons. The van der Waals surface area contributed by atoms with Gasteiger partial charge in [-0.05, 0) is 96.5 Å². The van der Waals surface area contributed by atoms with Crippen molar-refractivity contribution in [3.05, 3.63) is 66.5 Å². The van der Waals surface area contributed by atoms with E-state index in [4.69, 9.17) is 4.74 Å². The summed E-state index contributed by atoms with van der Waals surface area (Å²) in [5.74, 6) is 3.60. The summed E-state index contributed by atoms with van der Waals surface area (Å²) in [5.41, 5.74) is 2.36. The first-order chi connectivity index (χ1) is 17.7. The van der Waals surface area contributed by atoms with Gasteiger partial charge in [-0.1, -0.05) is 36.8 Å². The van der Waals surface area contributed by atoms with Crippen molar-refractivity contribution in [2.45, 2.75) is 56.8 Å². The lowest BCUT2D eigenvalue weighted by atomic mass is 9.62. The van der Waals surface area contributed by atoms with Crippen molar-refractivity contribution in [2.24, 2.45) is 17.8 Å². The zero-order chi connectivity index (χ0) is 24.4. The van der Waals surface area contributed by atoms with E-state index in [0.717, 1.165) is 81.0 Å². The quantitative estimate of drug-likeness (QED) is 0.435. The number of hydrogen-bond acceptors (Lipinski definition) is 5. The van der Waals surface area contributed by atoms with Crippen molar-refractivity contribution in [3.8, 4) is 11.4 Å². The van der Waals surface area contributed by atoms with E-state index >= 15 is 0 Å². The van der Waals surface area contributed by atoms with Gasteiger partial charge >= 0.3 is 0 Å². The van der Waals surface area contributed by atoms with Crippen LogP contribution in [0.2, 0.25) is 0 Å². The molecule has 36 heavy (non-hydrogen) atoms. The minimum absolute atomic E-state index is 0.0880.